The number of thiophene rings is 1. The molecule has 2 heterocycles. The molecular weight excluding hydrogens is 310 g/mol. The summed E-state index contributed by atoms with van der Waals surface area (Å²) in [6.07, 6.45) is 1.09. The molecule has 0 spiro atoms. The lowest BCUT2D eigenvalue weighted by molar-refractivity contribution is 0.963. The van der Waals surface area contributed by atoms with Gasteiger partial charge in [0.2, 0.25) is 0 Å². The van der Waals surface area contributed by atoms with Crippen LogP contribution < -0.4 is 5.32 Å². The molecule has 0 fully saturated rings. The molecule has 0 amide bonds. The molecule has 2 rings (SSSR count). The van der Waals surface area contributed by atoms with Gasteiger partial charge in [0.05, 0.1) is 4.88 Å². The van der Waals surface area contributed by atoms with Gasteiger partial charge in [-0.25, -0.2) is 9.97 Å². The first-order chi connectivity index (χ1) is 8.60. The minimum atomic E-state index is 0.799. The van der Waals surface area contributed by atoms with Gasteiger partial charge in [-0.3, -0.25) is 0 Å². The highest BCUT2D eigenvalue weighted by Gasteiger charge is 2.09. The average molecular weight is 326 g/mol. The Morgan fingerprint density at radius 3 is 2.67 bits per heavy atom. The zero-order valence-electron chi connectivity index (χ0n) is 10.7. The number of aromatic nitrogens is 2. The second-order valence-corrected chi connectivity index (χ2v) is 6.27. The first kappa shape index (κ1) is 13.5. The fraction of sp³-hybridized carbons (Fsp3) is 0.385. The lowest BCUT2D eigenvalue weighted by Crippen LogP contribution is -2.04. The van der Waals surface area contributed by atoms with Crippen LogP contribution in [0.2, 0.25) is 0 Å². The molecule has 0 aliphatic carbocycles. The van der Waals surface area contributed by atoms with Gasteiger partial charge in [-0.2, -0.15) is 0 Å². The summed E-state index contributed by atoms with van der Waals surface area (Å²) in [7, 11) is 0. The molecule has 18 heavy (non-hydrogen) atoms. The van der Waals surface area contributed by atoms with Crippen LogP contribution in [-0.4, -0.2) is 16.5 Å². The van der Waals surface area contributed by atoms with Gasteiger partial charge in [-0.05, 0) is 42.3 Å². The third-order valence-electron chi connectivity index (χ3n) is 2.49. The molecule has 0 saturated heterocycles. The molecule has 1 N–H and O–H groups in total. The van der Waals surface area contributed by atoms with E-state index in [2.05, 4.69) is 51.1 Å². The SMILES string of the molecule is CCCNc1cc(C)nc(-c2cc(Br)c(C)s2)n1. The molecule has 0 aromatic carbocycles. The summed E-state index contributed by atoms with van der Waals surface area (Å²) in [6, 6.07) is 4.06. The smallest absolute Gasteiger partial charge is 0.171 e. The Labute approximate surface area is 120 Å². The Morgan fingerprint density at radius 2 is 2.06 bits per heavy atom. The van der Waals surface area contributed by atoms with Crippen molar-refractivity contribution < 1.29 is 0 Å². The van der Waals surface area contributed by atoms with Crippen LogP contribution in [0.4, 0.5) is 5.82 Å². The lowest BCUT2D eigenvalue weighted by Gasteiger charge is -2.06. The number of nitrogens with one attached hydrogen (secondary N) is 1. The van der Waals surface area contributed by atoms with E-state index >= 15 is 0 Å². The number of hydrogen-bond donors (Lipinski definition) is 1. The third-order valence-corrected chi connectivity index (χ3v) is 4.62. The molecular formula is C13H16BrN3S. The van der Waals surface area contributed by atoms with Crippen LogP contribution in [0.15, 0.2) is 16.6 Å². The highest BCUT2D eigenvalue weighted by molar-refractivity contribution is 9.10. The minimum absolute atomic E-state index is 0.799. The maximum absolute atomic E-state index is 4.56. The molecule has 0 saturated carbocycles. The van der Waals surface area contributed by atoms with Crippen molar-refractivity contribution in [2.75, 3.05) is 11.9 Å². The van der Waals surface area contributed by atoms with Gasteiger partial charge < -0.3 is 5.32 Å². The summed E-state index contributed by atoms with van der Waals surface area (Å²) in [5.41, 5.74) is 0.987. The zero-order valence-corrected chi connectivity index (χ0v) is 13.2. The van der Waals surface area contributed by atoms with Gasteiger partial charge in [0, 0.05) is 27.7 Å². The molecule has 3 nitrogen and oxygen atoms in total. The van der Waals surface area contributed by atoms with Crippen molar-refractivity contribution in [3.63, 3.8) is 0 Å². The van der Waals surface area contributed by atoms with Crippen LogP contribution in [0.3, 0.4) is 0 Å². The Morgan fingerprint density at radius 1 is 1.28 bits per heavy atom. The molecule has 2 aromatic heterocycles. The van der Waals surface area contributed by atoms with Crippen LogP contribution in [0.1, 0.15) is 23.9 Å². The fourth-order valence-electron chi connectivity index (χ4n) is 1.59. The maximum atomic E-state index is 4.56. The van der Waals surface area contributed by atoms with E-state index in [0.717, 1.165) is 39.7 Å². The topological polar surface area (TPSA) is 37.8 Å². The van der Waals surface area contributed by atoms with Crippen LogP contribution in [0.5, 0.6) is 0 Å². The van der Waals surface area contributed by atoms with Crippen molar-refractivity contribution in [1.82, 2.24) is 9.97 Å². The van der Waals surface area contributed by atoms with E-state index in [4.69, 9.17) is 0 Å². The van der Waals surface area contributed by atoms with Crippen LogP contribution in [0.25, 0.3) is 10.7 Å². The fourth-order valence-corrected chi connectivity index (χ4v) is 3.06. The van der Waals surface area contributed by atoms with Crippen molar-refractivity contribution in [2.45, 2.75) is 27.2 Å². The average Bonchev–Trinajstić information content (AvgIpc) is 2.66. The molecule has 2 aromatic rings. The summed E-state index contributed by atoms with van der Waals surface area (Å²) >= 11 is 5.24. The Bertz CT molecular complexity index is 532. The number of anilines is 1. The normalized spacial score (nSPS) is 10.7. The summed E-state index contributed by atoms with van der Waals surface area (Å²) in [4.78, 5) is 11.4. The van der Waals surface area contributed by atoms with Crippen LogP contribution in [0, 0.1) is 13.8 Å². The molecule has 0 unspecified atom stereocenters. The number of nitrogens with zero attached hydrogens (tertiary/aromatic N) is 2. The standard InChI is InChI=1S/C13H16BrN3S/c1-4-5-15-12-6-8(2)16-13(17-12)11-7-10(14)9(3)18-11/h6-7H,4-5H2,1-3H3,(H,15,16,17). The Hall–Kier alpha value is -0.940. The molecule has 0 aliphatic rings. The van der Waals surface area contributed by atoms with Gasteiger partial charge >= 0.3 is 0 Å². The molecule has 0 atom stereocenters. The van der Waals surface area contributed by atoms with E-state index in [1.165, 1.54) is 4.88 Å². The highest BCUT2D eigenvalue weighted by atomic mass is 79.9. The quantitative estimate of drug-likeness (QED) is 0.904. The van der Waals surface area contributed by atoms with E-state index in [9.17, 15) is 0 Å². The summed E-state index contributed by atoms with van der Waals surface area (Å²) < 4.78 is 1.12. The molecule has 0 radical (unpaired) electrons. The van der Waals surface area contributed by atoms with E-state index in [1.807, 2.05) is 13.0 Å². The van der Waals surface area contributed by atoms with Crippen molar-refractivity contribution in [1.29, 1.82) is 0 Å². The van der Waals surface area contributed by atoms with Gasteiger partial charge in [0.15, 0.2) is 5.82 Å². The summed E-state index contributed by atoms with van der Waals surface area (Å²) in [5.74, 6) is 1.70. The van der Waals surface area contributed by atoms with E-state index in [0.29, 0.717) is 0 Å². The van der Waals surface area contributed by atoms with E-state index < -0.39 is 0 Å². The number of aryl methyl sites for hydroxylation is 2. The summed E-state index contributed by atoms with van der Waals surface area (Å²) in [5, 5.41) is 3.31. The van der Waals surface area contributed by atoms with Gasteiger partial charge in [0.25, 0.3) is 0 Å². The van der Waals surface area contributed by atoms with E-state index in [-0.39, 0.29) is 0 Å². The van der Waals surface area contributed by atoms with Gasteiger partial charge in [-0.15, -0.1) is 11.3 Å². The van der Waals surface area contributed by atoms with Crippen molar-refractivity contribution in [3.8, 4) is 10.7 Å². The largest absolute Gasteiger partial charge is 0.370 e. The second kappa shape index (κ2) is 5.80. The van der Waals surface area contributed by atoms with E-state index in [1.54, 1.807) is 11.3 Å². The molecule has 96 valence electrons. The molecule has 0 aliphatic heterocycles. The predicted molar refractivity (Wildman–Crippen MR) is 81.3 cm³/mol. The third kappa shape index (κ3) is 3.09. The van der Waals surface area contributed by atoms with Gasteiger partial charge in [0.1, 0.15) is 5.82 Å². The summed E-state index contributed by atoms with van der Waals surface area (Å²) in [6.45, 7) is 7.16. The predicted octanol–water partition coefficient (Wildman–Crippen LogP) is 4.41. The molecule has 0 bridgehead atoms. The first-order valence-corrected chi connectivity index (χ1v) is 7.57. The number of rotatable bonds is 4. The monoisotopic (exact) mass is 325 g/mol. The number of hydrogen-bond acceptors (Lipinski definition) is 4. The Kier molecular flexibility index (Phi) is 4.35. The number of halogens is 1. The maximum Gasteiger partial charge on any atom is 0.171 e. The van der Waals surface area contributed by atoms with Crippen LogP contribution >= 0.6 is 27.3 Å². The lowest BCUT2D eigenvalue weighted by atomic mass is 10.3. The van der Waals surface area contributed by atoms with Crippen molar-refractivity contribution >= 4 is 33.1 Å². The zero-order chi connectivity index (χ0) is 13.1. The molecule has 5 heteroatoms. The minimum Gasteiger partial charge on any atom is -0.370 e. The second-order valence-electron chi connectivity index (χ2n) is 4.16. The first-order valence-electron chi connectivity index (χ1n) is 5.96. The Balaban J connectivity index is 2.35. The van der Waals surface area contributed by atoms with Crippen molar-refractivity contribution in [2.24, 2.45) is 0 Å². The van der Waals surface area contributed by atoms with Crippen molar-refractivity contribution in [3.05, 3.63) is 27.2 Å². The highest BCUT2D eigenvalue weighted by Crippen LogP contribution is 2.32. The van der Waals surface area contributed by atoms with Gasteiger partial charge in [-0.1, -0.05) is 6.92 Å². The van der Waals surface area contributed by atoms with Crippen LogP contribution in [-0.2, 0) is 0 Å².